The van der Waals surface area contributed by atoms with Gasteiger partial charge < -0.3 is 9.26 Å². The zero-order valence-electron chi connectivity index (χ0n) is 14.3. The number of alkyl halides is 3. The number of benzene rings is 1. The molecular weight excluding hydrogens is 375 g/mol. The minimum absolute atomic E-state index is 0.00939. The summed E-state index contributed by atoms with van der Waals surface area (Å²) in [6.07, 6.45) is -4.13. The van der Waals surface area contributed by atoms with E-state index < -0.39 is 28.0 Å². The molecule has 0 aliphatic heterocycles. The molecule has 144 valence electrons. The summed E-state index contributed by atoms with van der Waals surface area (Å²) in [6, 6.07) is 4.76. The number of aromatic nitrogens is 1. The SMILES string of the molecule is CCCOc1ccc(-c2cc([C@@H](C)OS(C)(=O)=O)on2)c(C(F)(F)F)c1. The number of halogens is 3. The van der Waals surface area contributed by atoms with Gasteiger partial charge >= 0.3 is 6.18 Å². The van der Waals surface area contributed by atoms with Gasteiger partial charge in [-0.25, -0.2) is 0 Å². The Hall–Kier alpha value is -2.07. The fourth-order valence-corrected chi connectivity index (χ4v) is 2.83. The summed E-state index contributed by atoms with van der Waals surface area (Å²) in [7, 11) is -3.76. The minimum atomic E-state index is -4.63. The lowest BCUT2D eigenvalue weighted by atomic mass is 10.0. The average Bonchev–Trinajstić information content (AvgIpc) is 3.00. The van der Waals surface area contributed by atoms with Crippen LogP contribution in [-0.2, 0) is 20.5 Å². The molecule has 0 bridgehead atoms. The van der Waals surface area contributed by atoms with Crippen LogP contribution in [0.1, 0.15) is 37.7 Å². The van der Waals surface area contributed by atoms with E-state index in [-0.39, 0.29) is 22.8 Å². The van der Waals surface area contributed by atoms with Gasteiger partial charge in [0.15, 0.2) is 5.76 Å². The van der Waals surface area contributed by atoms with Gasteiger partial charge in [-0.15, -0.1) is 0 Å². The highest BCUT2D eigenvalue weighted by Crippen LogP contribution is 2.39. The Labute approximate surface area is 149 Å². The minimum Gasteiger partial charge on any atom is -0.494 e. The first-order valence-corrected chi connectivity index (χ1v) is 9.52. The summed E-state index contributed by atoms with van der Waals surface area (Å²) in [5.74, 6) is 0.0882. The van der Waals surface area contributed by atoms with Crippen LogP contribution in [0.5, 0.6) is 5.75 Å². The van der Waals surface area contributed by atoms with Crippen LogP contribution in [0.3, 0.4) is 0 Å². The standard InChI is InChI=1S/C16H18F3NO5S/c1-4-7-23-11-5-6-12(13(8-11)16(17,18)19)14-9-15(24-20-14)10(2)25-26(3,21)22/h5-6,8-10H,4,7H2,1-3H3/t10-/m1/s1. The van der Waals surface area contributed by atoms with Gasteiger partial charge in [-0.2, -0.15) is 21.6 Å². The van der Waals surface area contributed by atoms with Gasteiger partial charge in [0.2, 0.25) is 0 Å². The van der Waals surface area contributed by atoms with Crippen molar-refractivity contribution >= 4 is 10.1 Å². The molecule has 0 amide bonds. The van der Waals surface area contributed by atoms with Gasteiger partial charge in [0.25, 0.3) is 10.1 Å². The molecule has 0 unspecified atom stereocenters. The van der Waals surface area contributed by atoms with Gasteiger partial charge in [0, 0.05) is 11.6 Å². The van der Waals surface area contributed by atoms with Crippen molar-refractivity contribution in [3.8, 4) is 17.0 Å². The van der Waals surface area contributed by atoms with Crippen LogP contribution in [-0.4, -0.2) is 26.4 Å². The highest BCUT2D eigenvalue weighted by molar-refractivity contribution is 7.86. The van der Waals surface area contributed by atoms with Gasteiger partial charge in [0.1, 0.15) is 17.5 Å². The van der Waals surface area contributed by atoms with Crippen molar-refractivity contribution in [3.05, 3.63) is 35.6 Å². The second kappa shape index (κ2) is 7.67. The molecule has 2 aromatic rings. The molecule has 0 N–H and O–H groups in total. The van der Waals surface area contributed by atoms with Crippen LogP contribution >= 0.6 is 0 Å². The number of ether oxygens (including phenoxy) is 1. The summed E-state index contributed by atoms with van der Waals surface area (Å²) in [4.78, 5) is 0. The molecule has 0 aliphatic rings. The fourth-order valence-electron chi connectivity index (χ4n) is 2.21. The third-order valence-corrected chi connectivity index (χ3v) is 3.93. The number of hydrogen-bond donors (Lipinski definition) is 0. The normalized spacial score (nSPS) is 13.6. The molecule has 26 heavy (non-hydrogen) atoms. The predicted molar refractivity (Wildman–Crippen MR) is 87.1 cm³/mol. The second-order valence-corrected chi connectivity index (χ2v) is 7.21. The van der Waals surface area contributed by atoms with Crippen molar-refractivity contribution in [3.63, 3.8) is 0 Å². The lowest BCUT2D eigenvalue weighted by Crippen LogP contribution is -2.08. The Morgan fingerprint density at radius 2 is 1.96 bits per heavy atom. The zero-order valence-corrected chi connectivity index (χ0v) is 15.1. The first kappa shape index (κ1) is 20.2. The Morgan fingerprint density at radius 1 is 1.27 bits per heavy atom. The van der Waals surface area contributed by atoms with Gasteiger partial charge in [-0.3, -0.25) is 4.18 Å². The third-order valence-electron chi connectivity index (χ3n) is 3.29. The van der Waals surface area contributed by atoms with E-state index in [2.05, 4.69) is 5.16 Å². The van der Waals surface area contributed by atoms with E-state index in [1.807, 2.05) is 6.92 Å². The van der Waals surface area contributed by atoms with E-state index in [0.717, 1.165) is 12.3 Å². The van der Waals surface area contributed by atoms with Crippen LogP contribution in [0.25, 0.3) is 11.3 Å². The molecular formula is C16H18F3NO5S. The Balaban J connectivity index is 2.39. The predicted octanol–water partition coefficient (Wildman–Crippen LogP) is 4.19. The lowest BCUT2D eigenvalue weighted by Gasteiger charge is -2.13. The molecule has 1 aromatic heterocycles. The average molecular weight is 393 g/mol. The Bertz CT molecular complexity index is 861. The highest BCUT2D eigenvalue weighted by atomic mass is 32.2. The van der Waals surface area contributed by atoms with Crippen LogP contribution in [0, 0.1) is 0 Å². The van der Waals surface area contributed by atoms with Gasteiger partial charge in [0.05, 0.1) is 18.4 Å². The first-order chi connectivity index (χ1) is 12.0. The van der Waals surface area contributed by atoms with Crippen molar-refractivity contribution in [2.75, 3.05) is 12.9 Å². The van der Waals surface area contributed by atoms with Crippen molar-refractivity contribution in [2.24, 2.45) is 0 Å². The molecule has 10 heteroatoms. The van der Waals surface area contributed by atoms with Crippen LogP contribution in [0.4, 0.5) is 13.2 Å². The number of nitrogens with zero attached hydrogens (tertiary/aromatic N) is 1. The second-order valence-electron chi connectivity index (χ2n) is 5.61. The third kappa shape index (κ3) is 5.21. The van der Waals surface area contributed by atoms with Gasteiger partial charge in [-0.1, -0.05) is 12.1 Å². The quantitative estimate of drug-likeness (QED) is 0.657. The Morgan fingerprint density at radius 3 is 2.54 bits per heavy atom. The molecule has 2 rings (SSSR count). The van der Waals surface area contributed by atoms with E-state index >= 15 is 0 Å². The summed E-state index contributed by atoms with van der Waals surface area (Å²) < 4.78 is 77.5. The highest BCUT2D eigenvalue weighted by Gasteiger charge is 2.35. The van der Waals surface area contributed by atoms with E-state index in [0.29, 0.717) is 13.0 Å². The summed E-state index contributed by atoms with van der Waals surface area (Å²) >= 11 is 0. The first-order valence-electron chi connectivity index (χ1n) is 7.70. The largest absolute Gasteiger partial charge is 0.494 e. The van der Waals surface area contributed by atoms with E-state index in [9.17, 15) is 21.6 Å². The van der Waals surface area contributed by atoms with Crippen molar-refractivity contribution in [1.29, 1.82) is 0 Å². The van der Waals surface area contributed by atoms with Crippen molar-refractivity contribution in [2.45, 2.75) is 32.5 Å². The molecule has 1 aromatic carbocycles. The van der Waals surface area contributed by atoms with Crippen LogP contribution in [0.2, 0.25) is 0 Å². The lowest BCUT2D eigenvalue weighted by molar-refractivity contribution is -0.137. The molecule has 0 radical (unpaired) electrons. The molecule has 1 heterocycles. The molecule has 0 saturated heterocycles. The van der Waals surface area contributed by atoms with Crippen molar-refractivity contribution in [1.82, 2.24) is 5.16 Å². The maximum Gasteiger partial charge on any atom is 0.417 e. The monoisotopic (exact) mass is 393 g/mol. The smallest absolute Gasteiger partial charge is 0.417 e. The molecule has 0 saturated carbocycles. The molecule has 0 aliphatic carbocycles. The van der Waals surface area contributed by atoms with E-state index in [1.165, 1.54) is 25.1 Å². The van der Waals surface area contributed by atoms with Gasteiger partial charge in [-0.05, 0) is 31.5 Å². The summed E-state index contributed by atoms with van der Waals surface area (Å²) in [6.45, 7) is 3.53. The maximum atomic E-state index is 13.4. The fraction of sp³-hybridized carbons (Fsp3) is 0.438. The topological polar surface area (TPSA) is 78.6 Å². The van der Waals surface area contributed by atoms with Crippen molar-refractivity contribution < 1.29 is 35.0 Å². The van der Waals surface area contributed by atoms with E-state index in [4.69, 9.17) is 13.4 Å². The molecule has 1 atom stereocenters. The maximum absolute atomic E-state index is 13.4. The zero-order chi connectivity index (χ0) is 19.5. The number of rotatable bonds is 7. The van der Waals surface area contributed by atoms with E-state index in [1.54, 1.807) is 0 Å². The summed E-state index contributed by atoms with van der Waals surface area (Å²) in [5.41, 5.74) is -1.22. The number of hydrogen-bond acceptors (Lipinski definition) is 6. The molecule has 0 spiro atoms. The van der Waals surface area contributed by atoms with Crippen LogP contribution in [0.15, 0.2) is 28.8 Å². The molecule has 6 nitrogen and oxygen atoms in total. The molecule has 0 fully saturated rings. The Kier molecular flexibility index (Phi) is 5.97. The van der Waals surface area contributed by atoms with Crippen LogP contribution < -0.4 is 4.74 Å². The summed E-state index contributed by atoms with van der Waals surface area (Å²) in [5, 5.41) is 3.61.